The molecule has 3 N–H and O–H groups in total. The molecule has 1 aromatic carbocycles. The molecule has 0 aliphatic carbocycles. The normalized spacial score (nSPS) is 14.5. The predicted octanol–water partition coefficient (Wildman–Crippen LogP) is 2.81. The average Bonchev–Trinajstić information content (AvgIpc) is 3.89. The number of esters is 7. The first-order valence-electron chi connectivity index (χ1n) is 19.3. The summed E-state index contributed by atoms with van der Waals surface area (Å²) in [6.07, 6.45) is -0.274. The Hall–Kier alpha value is -6.72. The summed E-state index contributed by atoms with van der Waals surface area (Å²) in [7, 11) is 7.26. The van der Waals surface area contributed by atoms with Gasteiger partial charge in [-0.05, 0) is 52.7 Å². The van der Waals surface area contributed by atoms with Crippen LogP contribution in [0.2, 0.25) is 0 Å². The van der Waals surface area contributed by atoms with Crippen molar-refractivity contribution in [3.63, 3.8) is 0 Å². The molecule has 0 bridgehead atoms. The van der Waals surface area contributed by atoms with Crippen LogP contribution in [0.1, 0.15) is 81.8 Å². The third kappa shape index (κ3) is 12.2. The number of aryl methyl sites for hydroxylation is 1. The van der Waals surface area contributed by atoms with Gasteiger partial charge in [-0.1, -0.05) is 30.3 Å². The van der Waals surface area contributed by atoms with E-state index >= 15 is 0 Å². The number of benzene rings is 1. The van der Waals surface area contributed by atoms with E-state index in [1.54, 1.807) is 36.5 Å². The Morgan fingerprint density at radius 2 is 1.11 bits per heavy atom. The first-order chi connectivity index (χ1) is 29.2. The molecule has 1 aliphatic rings. The van der Waals surface area contributed by atoms with Crippen LogP contribution in [0.5, 0.6) is 0 Å². The second-order valence-corrected chi connectivity index (χ2v) is 14.1. The van der Waals surface area contributed by atoms with Gasteiger partial charge < -0.3 is 48.4 Å². The summed E-state index contributed by atoms with van der Waals surface area (Å²) < 4.78 is 35.4. The maximum atomic E-state index is 14.2. The Morgan fingerprint density at radius 3 is 1.70 bits per heavy atom. The van der Waals surface area contributed by atoms with E-state index in [0.29, 0.717) is 27.9 Å². The van der Waals surface area contributed by atoms with Crippen molar-refractivity contribution < 1.29 is 71.5 Å². The molecule has 2 aromatic heterocycles. The molecule has 3 aromatic rings. The van der Waals surface area contributed by atoms with Gasteiger partial charge >= 0.3 is 41.8 Å². The van der Waals surface area contributed by atoms with Gasteiger partial charge in [-0.2, -0.15) is 0 Å². The van der Waals surface area contributed by atoms with Crippen molar-refractivity contribution in [3.05, 3.63) is 92.6 Å². The lowest BCUT2D eigenvalue weighted by Gasteiger charge is -2.33. The maximum absolute atomic E-state index is 14.2. The molecule has 1 amide bonds. The summed E-state index contributed by atoms with van der Waals surface area (Å²) in [6.45, 7) is -0.118. The average molecular weight is 850 g/mol. The first-order valence-corrected chi connectivity index (χ1v) is 19.3. The van der Waals surface area contributed by atoms with E-state index in [1.165, 1.54) is 42.7 Å². The van der Waals surface area contributed by atoms with Gasteiger partial charge in [0.2, 0.25) is 5.91 Å². The smallest absolute Gasteiger partial charge is 0.355 e. The third-order valence-corrected chi connectivity index (χ3v) is 10.5. The Labute approximate surface area is 351 Å². The third-order valence-electron chi connectivity index (χ3n) is 10.5. The summed E-state index contributed by atoms with van der Waals surface area (Å²) in [6, 6.07) is 8.89. The van der Waals surface area contributed by atoms with Gasteiger partial charge in [0.15, 0.2) is 0 Å². The summed E-state index contributed by atoms with van der Waals surface area (Å²) >= 11 is 0. The van der Waals surface area contributed by atoms with Gasteiger partial charge in [0.25, 0.3) is 0 Å². The molecule has 61 heavy (non-hydrogen) atoms. The summed E-state index contributed by atoms with van der Waals surface area (Å²) in [5.41, 5.74) is 1.58. The van der Waals surface area contributed by atoms with Crippen molar-refractivity contribution >= 4 is 47.7 Å². The van der Waals surface area contributed by atoms with Crippen molar-refractivity contribution in [2.24, 2.45) is 0 Å². The minimum atomic E-state index is -1.58. The van der Waals surface area contributed by atoms with Crippen molar-refractivity contribution in [2.45, 2.75) is 82.8 Å². The topological polar surface area (TPSA) is 245 Å². The molecule has 18 nitrogen and oxygen atoms in total. The summed E-state index contributed by atoms with van der Waals surface area (Å²) in [4.78, 5) is 111. The number of methoxy groups -OCH3 is 6. The molecular weight excluding hydrogens is 798 g/mol. The fourth-order valence-corrected chi connectivity index (χ4v) is 7.34. The van der Waals surface area contributed by atoms with Gasteiger partial charge in [0, 0.05) is 55.3 Å². The number of amides is 1. The number of carbonyl (C=O) groups excluding carboxylic acids is 8. The number of nitrogens with one attached hydrogen (secondary N) is 3. The van der Waals surface area contributed by atoms with Crippen molar-refractivity contribution in [2.75, 3.05) is 42.7 Å². The Morgan fingerprint density at radius 1 is 0.590 bits per heavy atom. The highest BCUT2D eigenvalue weighted by Gasteiger charge is 2.47. The van der Waals surface area contributed by atoms with Gasteiger partial charge in [-0.25, -0.2) is 4.79 Å². The number of H-pyrrole nitrogens is 2. The van der Waals surface area contributed by atoms with Crippen LogP contribution in [0.15, 0.2) is 47.7 Å². The number of hydrogen-bond acceptors (Lipinski definition) is 15. The number of hydrogen-bond donors (Lipinski definition) is 3. The van der Waals surface area contributed by atoms with Crippen LogP contribution < -0.4 is 5.32 Å². The molecule has 1 aliphatic heterocycles. The van der Waals surface area contributed by atoms with Crippen LogP contribution in [-0.2, 0) is 112 Å². The minimum Gasteiger partial charge on any atom is -0.469 e. The van der Waals surface area contributed by atoms with Crippen LogP contribution in [-0.4, -0.2) is 106 Å². The zero-order valence-electron chi connectivity index (χ0n) is 35.1. The molecule has 0 unspecified atom stereocenters. The zero-order valence-corrected chi connectivity index (χ0v) is 35.1. The fourth-order valence-electron chi connectivity index (χ4n) is 7.34. The molecule has 4 rings (SSSR count). The minimum absolute atomic E-state index is 0.0207. The number of aromatic amines is 2. The standard InChI is InChI=1S/C43H51N3O15/c1-55-34(47)15-12-26-23-44-32(29(26)18-37(50)58-4)21-43(31(20-39(52)60-6)28(41(53)46-43)14-17-36(49)57-3)22-33-27(13-16-35(48)56-2)30(19-38(51)59-5)40(45-33)42(54)61-24-25-10-8-7-9-11-25/h7-11,23,44-45H,12-22,24H2,1-6H3,(H,46,53)/t43-/m1/s1. The summed E-state index contributed by atoms with van der Waals surface area (Å²) in [5, 5.41) is 3.06. The Kier molecular flexibility index (Phi) is 17.0. The maximum Gasteiger partial charge on any atom is 0.355 e. The molecule has 0 fully saturated rings. The van der Waals surface area contributed by atoms with Crippen molar-refractivity contribution in [3.8, 4) is 0 Å². The molecule has 3 heterocycles. The molecule has 0 spiro atoms. The lowest BCUT2D eigenvalue weighted by Crippen LogP contribution is -2.49. The number of ether oxygens (including phenoxy) is 7. The van der Waals surface area contributed by atoms with E-state index in [9.17, 15) is 38.4 Å². The van der Waals surface area contributed by atoms with E-state index in [4.69, 9.17) is 33.2 Å². The van der Waals surface area contributed by atoms with Crippen LogP contribution in [0.25, 0.3) is 0 Å². The Bertz CT molecular complexity index is 2150. The molecule has 18 heteroatoms. The SMILES string of the molecule is COC(=O)CCC1=C(CC(=O)OC)[C@@](Cc2[nH]cc(CCC(=O)OC)c2CC(=O)OC)(Cc2[nH]c(C(=O)OCc3ccccc3)c(CC(=O)OC)c2CCC(=O)OC)NC1=O. The molecule has 0 saturated heterocycles. The van der Waals surface area contributed by atoms with E-state index in [2.05, 4.69) is 15.3 Å². The molecule has 328 valence electrons. The van der Waals surface area contributed by atoms with Crippen molar-refractivity contribution in [1.82, 2.24) is 15.3 Å². The summed E-state index contributed by atoms with van der Waals surface area (Å²) in [5.74, 6) is -5.18. The predicted molar refractivity (Wildman–Crippen MR) is 212 cm³/mol. The van der Waals surface area contributed by atoms with Crippen LogP contribution in [0.3, 0.4) is 0 Å². The van der Waals surface area contributed by atoms with E-state index < -0.39 is 66.1 Å². The van der Waals surface area contributed by atoms with Gasteiger partial charge in [0.1, 0.15) is 12.3 Å². The van der Waals surface area contributed by atoms with Gasteiger partial charge in [-0.15, -0.1) is 0 Å². The quantitative estimate of drug-likeness (QED) is 0.0972. The van der Waals surface area contributed by atoms with Crippen LogP contribution >= 0.6 is 0 Å². The highest BCUT2D eigenvalue weighted by molar-refractivity contribution is 6.00. The van der Waals surface area contributed by atoms with Crippen LogP contribution in [0.4, 0.5) is 0 Å². The first kappa shape index (κ1) is 47.0. The molecule has 1 atom stereocenters. The van der Waals surface area contributed by atoms with E-state index in [-0.39, 0.29) is 92.5 Å². The second kappa shape index (κ2) is 22.0. The van der Waals surface area contributed by atoms with E-state index in [1.807, 2.05) is 0 Å². The highest BCUT2D eigenvalue weighted by atomic mass is 16.5. The van der Waals surface area contributed by atoms with Crippen LogP contribution in [0, 0.1) is 0 Å². The molecular formula is C43H51N3O15. The number of carbonyl (C=O) groups is 8. The largest absolute Gasteiger partial charge is 0.469 e. The second-order valence-electron chi connectivity index (χ2n) is 14.1. The van der Waals surface area contributed by atoms with Gasteiger partial charge in [-0.3, -0.25) is 33.6 Å². The monoisotopic (exact) mass is 849 g/mol. The van der Waals surface area contributed by atoms with Gasteiger partial charge in [0.05, 0.1) is 67.5 Å². The molecule has 0 saturated carbocycles. The lowest BCUT2D eigenvalue weighted by molar-refractivity contribution is -0.141. The van der Waals surface area contributed by atoms with E-state index in [0.717, 1.165) is 0 Å². The van der Waals surface area contributed by atoms with Crippen molar-refractivity contribution in [1.29, 1.82) is 0 Å². The molecule has 0 radical (unpaired) electrons. The lowest BCUT2D eigenvalue weighted by atomic mass is 9.77. The fraction of sp³-hybridized carbons (Fsp3) is 0.442. The Balaban J connectivity index is 2.00. The number of rotatable bonds is 22. The zero-order chi connectivity index (χ0) is 44.7. The number of aromatic nitrogens is 2. The highest BCUT2D eigenvalue weighted by Crippen LogP contribution is 2.40.